The summed E-state index contributed by atoms with van der Waals surface area (Å²) in [6.45, 7) is 0.726. The molecule has 7 aromatic rings. The van der Waals surface area contributed by atoms with Crippen molar-refractivity contribution in [2.24, 2.45) is 0 Å². The molecule has 0 bridgehead atoms. The average molecular weight is 527 g/mol. The molecule has 0 spiro atoms. The highest BCUT2D eigenvalue weighted by Gasteiger charge is 2.10. The summed E-state index contributed by atoms with van der Waals surface area (Å²) in [4.78, 5) is 24.7. The predicted octanol–water partition coefficient (Wildman–Crippen LogP) is 7.36. The highest BCUT2D eigenvalue weighted by molar-refractivity contribution is 6.05. The molecule has 194 valence electrons. The molecule has 0 aliphatic rings. The molecule has 6 nitrogen and oxygen atoms in total. The highest BCUT2D eigenvalue weighted by Crippen LogP contribution is 2.28. The summed E-state index contributed by atoms with van der Waals surface area (Å²) >= 11 is 0. The van der Waals surface area contributed by atoms with Crippen molar-refractivity contribution in [1.29, 1.82) is 0 Å². The minimum absolute atomic E-state index is 0.361. The van der Waals surface area contributed by atoms with E-state index in [0.717, 1.165) is 32.7 Å². The average Bonchev–Trinajstić information content (AvgIpc) is 2.99. The Labute approximate surface area is 227 Å². The first-order valence-electron chi connectivity index (χ1n) is 12.9. The molecule has 0 N–H and O–H groups in total. The van der Waals surface area contributed by atoms with Gasteiger partial charge < -0.3 is 18.3 Å². The number of hydrogen-bond acceptors (Lipinski definition) is 6. The summed E-state index contributed by atoms with van der Waals surface area (Å²) in [7, 11) is 0. The lowest BCUT2D eigenvalue weighted by atomic mass is 10.1. The molecule has 7 rings (SSSR count). The van der Waals surface area contributed by atoms with Gasteiger partial charge in [0, 0.05) is 22.9 Å². The van der Waals surface area contributed by atoms with Crippen LogP contribution in [0.1, 0.15) is 11.1 Å². The van der Waals surface area contributed by atoms with E-state index in [4.69, 9.17) is 18.3 Å². The first kappa shape index (κ1) is 23.7. The van der Waals surface area contributed by atoms with Crippen LogP contribution in [0.4, 0.5) is 0 Å². The summed E-state index contributed by atoms with van der Waals surface area (Å²) in [6.07, 6.45) is 0. The van der Waals surface area contributed by atoms with Crippen molar-refractivity contribution in [3.63, 3.8) is 0 Å². The van der Waals surface area contributed by atoms with Crippen molar-refractivity contribution < 1.29 is 18.3 Å². The predicted molar refractivity (Wildman–Crippen MR) is 155 cm³/mol. The van der Waals surface area contributed by atoms with Gasteiger partial charge in [0.2, 0.25) is 0 Å². The molecule has 40 heavy (non-hydrogen) atoms. The lowest BCUT2D eigenvalue weighted by molar-refractivity contribution is 0.302. The van der Waals surface area contributed by atoms with E-state index in [0.29, 0.717) is 46.7 Å². The smallest absolute Gasteiger partial charge is 0.344 e. The molecule has 5 aromatic carbocycles. The van der Waals surface area contributed by atoms with Crippen molar-refractivity contribution in [1.82, 2.24) is 0 Å². The fraction of sp³-hybridized carbons (Fsp3) is 0.0588. The molecular weight excluding hydrogens is 504 g/mol. The molecule has 0 saturated heterocycles. The maximum absolute atomic E-state index is 12.3. The Morgan fingerprint density at radius 3 is 1.27 bits per heavy atom. The van der Waals surface area contributed by atoms with E-state index in [1.54, 1.807) is 24.3 Å². The zero-order valence-electron chi connectivity index (χ0n) is 21.3. The Morgan fingerprint density at radius 2 is 0.850 bits per heavy atom. The summed E-state index contributed by atoms with van der Waals surface area (Å²) < 4.78 is 23.0. The van der Waals surface area contributed by atoms with E-state index >= 15 is 0 Å². The molecule has 0 radical (unpaired) electrons. The number of benzene rings is 5. The van der Waals surface area contributed by atoms with Crippen molar-refractivity contribution >= 4 is 43.5 Å². The second kappa shape index (κ2) is 9.75. The lowest BCUT2D eigenvalue weighted by Gasteiger charge is -2.10. The van der Waals surface area contributed by atoms with Gasteiger partial charge in [-0.15, -0.1) is 0 Å². The van der Waals surface area contributed by atoms with Crippen LogP contribution in [0.5, 0.6) is 11.5 Å². The monoisotopic (exact) mass is 526 g/mol. The van der Waals surface area contributed by atoms with Crippen LogP contribution in [0.3, 0.4) is 0 Å². The van der Waals surface area contributed by atoms with Crippen molar-refractivity contribution in [3.8, 4) is 11.5 Å². The second-order valence-electron chi connectivity index (χ2n) is 9.58. The fourth-order valence-corrected chi connectivity index (χ4v) is 4.97. The van der Waals surface area contributed by atoms with E-state index in [9.17, 15) is 9.59 Å². The van der Waals surface area contributed by atoms with Crippen molar-refractivity contribution in [3.05, 3.63) is 141 Å². The second-order valence-corrected chi connectivity index (χ2v) is 9.58. The zero-order valence-corrected chi connectivity index (χ0v) is 21.3. The third kappa shape index (κ3) is 4.35. The maximum atomic E-state index is 12.3. The Hall–Kier alpha value is -5.36. The Bertz CT molecular complexity index is 2000. The molecule has 0 fully saturated rings. The van der Waals surface area contributed by atoms with Gasteiger partial charge in [0.1, 0.15) is 35.9 Å². The van der Waals surface area contributed by atoms with Crippen molar-refractivity contribution in [2.45, 2.75) is 13.2 Å². The van der Waals surface area contributed by atoms with Gasteiger partial charge in [-0.1, -0.05) is 60.7 Å². The summed E-state index contributed by atoms with van der Waals surface area (Å²) in [5.74, 6) is 1.24. The van der Waals surface area contributed by atoms with Crippen LogP contribution in [-0.4, -0.2) is 0 Å². The highest BCUT2D eigenvalue weighted by atomic mass is 16.5. The van der Waals surface area contributed by atoms with Gasteiger partial charge in [-0.3, -0.25) is 0 Å². The maximum Gasteiger partial charge on any atom is 0.344 e. The van der Waals surface area contributed by atoms with Crippen LogP contribution in [0.15, 0.2) is 128 Å². The molecule has 0 amide bonds. The first-order valence-corrected chi connectivity index (χ1v) is 12.9. The Morgan fingerprint density at radius 1 is 0.450 bits per heavy atom. The van der Waals surface area contributed by atoms with E-state index in [1.165, 1.54) is 0 Å². The van der Waals surface area contributed by atoms with E-state index < -0.39 is 0 Å². The largest absolute Gasteiger partial charge is 0.489 e. The minimum Gasteiger partial charge on any atom is -0.489 e. The number of ether oxygens (including phenoxy) is 2. The van der Waals surface area contributed by atoms with Crippen LogP contribution in [0.25, 0.3) is 43.5 Å². The summed E-state index contributed by atoms with van der Waals surface area (Å²) in [6, 6.07) is 33.9. The molecule has 0 aliphatic carbocycles. The van der Waals surface area contributed by atoms with Crippen molar-refractivity contribution in [2.75, 3.05) is 0 Å². The fourth-order valence-electron chi connectivity index (χ4n) is 4.97. The molecule has 0 unspecified atom stereocenters. The summed E-state index contributed by atoms with van der Waals surface area (Å²) in [5.41, 5.74) is 2.25. The SMILES string of the molecule is O=c1oc2cc(OCc3ccc(COc4ccc5c(c4)oc(=O)c4ccccc45)cc3)ccc2c2ccccc12. The topological polar surface area (TPSA) is 78.9 Å². The normalized spacial score (nSPS) is 11.4. The van der Waals surface area contributed by atoms with Gasteiger partial charge >= 0.3 is 11.3 Å². The van der Waals surface area contributed by atoms with Gasteiger partial charge in [0.05, 0.1) is 10.8 Å². The van der Waals surface area contributed by atoms with Crippen LogP contribution >= 0.6 is 0 Å². The molecule has 0 saturated carbocycles. The number of fused-ring (bicyclic) bond motifs is 6. The number of hydrogen-bond donors (Lipinski definition) is 0. The van der Waals surface area contributed by atoms with Gasteiger partial charge in [-0.05, 0) is 58.3 Å². The third-order valence-corrected chi connectivity index (χ3v) is 7.02. The van der Waals surface area contributed by atoms with Crippen LogP contribution in [0, 0.1) is 0 Å². The molecular formula is C34H22O6. The van der Waals surface area contributed by atoms with Gasteiger partial charge in [-0.25, -0.2) is 9.59 Å². The summed E-state index contributed by atoms with van der Waals surface area (Å²) in [5, 5.41) is 4.59. The van der Waals surface area contributed by atoms with Gasteiger partial charge in [0.15, 0.2) is 0 Å². The van der Waals surface area contributed by atoms with E-state index in [2.05, 4.69) is 0 Å². The van der Waals surface area contributed by atoms with Gasteiger partial charge in [0.25, 0.3) is 0 Å². The lowest BCUT2D eigenvalue weighted by Crippen LogP contribution is -2.01. The van der Waals surface area contributed by atoms with Crippen LogP contribution in [0.2, 0.25) is 0 Å². The van der Waals surface area contributed by atoms with Gasteiger partial charge in [-0.2, -0.15) is 0 Å². The van der Waals surface area contributed by atoms with Crippen LogP contribution < -0.4 is 20.7 Å². The molecule has 6 heteroatoms. The standard InChI is InChI=1S/C34H22O6/c35-33-29-7-3-1-5-25(29)27-15-13-23(17-31(27)39-33)37-19-21-9-11-22(12-10-21)20-38-24-14-16-28-26-6-2-4-8-30(26)34(36)40-32(28)18-24/h1-18H,19-20H2. The van der Waals surface area contributed by atoms with E-state index in [1.807, 2.05) is 84.9 Å². The minimum atomic E-state index is -0.361. The third-order valence-electron chi connectivity index (χ3n) is 7.02. The molecule has 0 aliphatic heterocycles. The zero-order chi connectivity index (χ0) is 27.1. The Balaban J connectivity index is 1.03. The molecule has 0 atom stereocenters. The quantitative estimate of drug-likeness (QED) is 0.166. The first-order chi connectivity index (χ1) is 19.6. The molecule has 2 heterocycles. The Kier molecular flexibility index (Phi) is 5.78. The number of rotatable bonds is 6. The van der Waals surface area contributed by atoms with E-state index in [-0.39, 0.29) is 11.3 Å². The van der Waals surface area contributed by atoms with Crippen LogP contribution in [-0.2, 0) is 13.2 Å². The molecule has 2 aromatic heterocycles.